The van der Waals surface area contributed by atoms with Crippen LogP contribution in [0, 0.1) is 0 Å². The van der Waals surface area contributed by atoms with Gasteiger partial charge < -0.3 is 19.5 Å². The molecule has 26 heavy (non-hydrogen) atoms. The van der Waals surface area contributed by atoms with E-state index < -0.39 is 12.0 Å². The molecule has 2 aromatic rings. The number of carbonyl (C=O) groups is 1. The summed E-state index contributed by atoms with van der Waals surface area (Å²) in [6.07, 6.45) is 1.45. The number of carbonyl (C=O) groups excluding carboxylic acids is 1. The number of benzene rings is 1. The first-order valence-electron chi connectivity index (χ1n) is 8.45. The predicted octanol–water partition coefficient (Wildman–Crippen LogP) is 2.54. The summed E-state index contributed by atoms with van der Waals surface area (Å²) in [7, 11) is 1.59. The molecule has 8 nitrogen and oxygen atoms in total. The molecule has 1 aromatic heterocycles. The van der Waals surface area contributed by atoms with Crippen molar-refractivity contribution in [3.63, 3.8) is 0 Å². The van der Waals surface area contributed by atoms with Crippen molar-refractivity contribution in [2.24, 2.45) is 0 Å². The molecule has 3 rings (SSSR count). The van der Waals surface area contributed by atoms with Crippen LogP contribution in [0.1, 0.15) is 32.4 Å². The molecule has 138 valence electrons. The van der Waals surface area contributed by atoms with E-state index >= 15 is 0 Å². The van der Waals surface area contributed by atoms with Crippen molar-refractivity contribution < 1.29 is 19.0 Å². The van der Waals surface area contributed by atoms with Gasteiger partial charge in [0.15, 0.2) is 11.5 Å². The van der Waals surface area contributed by atoms with E-state index in [-0.39, 0.29) is 0 Å². The normalized spacial score (nSPS) is 15.9. The Labute approximate surface area is 151 Å². The topological polar surface area (TPSA) is 87.5 Å². The van der Waals surface area contributed by atoms with E-state index in [4.69, 9.17) is 14.2 Å². The zero-order chi connectivity index (χ0) is 18.7. The van der Waals surface area contributed by atoms with E-state index in [1.54, 1.807) is 18.7 Å². The molecule has 0 aliphatic carbocycles. The van der Waals surface area contributed by atoms with Gasteiger partial charge in [0.05, 0.1) is 25.9 Å². The summed E-state index contributed by atoms with van der Waals surface area (Å²) in [4.78, 5) is 16.8. The molecule has 0 bridgehead atoms. The van der Waals surface area contributed by atoms with Crippen LogP contribution in [0.4, 0.5) is 5.95 Å². The number of ether oxygens (including phenoxy) is 3. The van der Waals surface area contributed by atoms with Gasteiger partial charge in [-0.25, -0.2) is 9.48 Å². The molecular formula is C18H22N4O4. The number of hydrogen-bond donors (Lipinski definition) is 1. The van der Waals surface area contributed by atoms with E-state index in [9.17, 15) is 4.79 Å². The summed E-state index contributed by atoms with van der Waals surface area (Å²) in [5, 5.41) is 7.39. The van der Waals surface area contributed by atoms with Crippen LogP contribution in [0.2, 0.25) is 0 Å². The summed E-state index contributed by atoms with van der Waals surface area (Å²) in [5.74, 6) is 1.40. The maximum Gasteiger partial charge on any atom is 0.338 e. The average molecular weight is 358 g/mol. The number of aromatic nitrogens is 3. The van der Waals surface area contributed by atoms with E-state index in [1.165, 1.54) is 6.33 Å². The number of anilines is 1. The predicted molar refractivity (Wildman–Crippen MR) is 95.3 cm³/mol. The second kappa shape index (κ2) is 7.47. The van der Waals surface area contributed by atoms with E-state index in [0.29, 0.717) is 41.9 Å². The van der Waals surface area contributed by atoms with Gasteiger partial charge >= 0.3 is 5.97 Å². The fourth-order valence-corrected chi connectivity index (χ4v) is 3.00. The third-order valence-electron chi connectivity index (χ3n) is 4.09. The standard InChI is InChI=1S/C18H22N4O4/c1-5-25-14-9-12(7-8-13(14)24-4)16-15(17(23)26-6-2)11(3)21-18-19-10-20-22(16)18/h7-10,16H,5-6H2,1-4H3,(H,19,20,21)/t16-/m1/s1. The minimum atomic E-state index is -0.474. The summed E-state index contributed by atoms with van der Waals surface area (Å²) in [6.45, 7) is 6.30. The van der Waals surface area contributed by atoms with Crippen LogP contribution >= 0.6 is 0 Å². The van der Waals surface area contributed by atoms with Crippen LogP contribution in [0.3, 0.4) is 0 Å². The van der Waals surface area contributed by atoms with Crippen molar-refractivity contribution in [1.29, 1.82) is 0 Å². The van der Waals surface area contributed by atoms with Crippen LogP contribution in [0.5, 0.6) is 11.5 Å². The average Bonchev–Trinajstić information content (AvgIpc) is 3.08. The van der Waals surface area contributed by atoms with Gasteiger partial charge in [-0.15, -0.1) is 0 Å². The Kier molecular flexibility index (Phi) is 5.11. The van der Waals surface area contributed by atoms with Gasteiger partial charge in [0, 0.05) is 5.70 Å². The first kappa shape index (κ1) is 17.8. The molecule has 0 saturated carbocycles. The summed E-state index contributed by atoms with van der Waals surface area (Å²) < 4.78 is 18.0. The van der Waals surface area contributed by atoms with Crippen LogP contribution < -0.4 is 14.8 Å². The zero-order valence-electron chi connectivity index (χ0n) is 15.3. The highest BCUT2D eigenvalue weighted by Crippen LogP contribution is 2.38. The Morgan fingerprint density at radius 1 is 1.27 bits per heavy atom. The van der Waals surface area contributed by atoms with Crippen LogP contribution in [-0.2, 0) is 9.53 Å². The largest absolute Gasteiger partial charge is 0.493 e. The third-order valence-corrected chi connectivity index (χ3v) is 4.09. The van der Waals surface area contributed by atoms with E-state index in [0.717, 1.165) is 5.56 Å². The number of nitrogens with zero attached hydrogens (tertiary/aromatic N) is 3. The molecule has 1 aliphatic rings. The fourth-order valence-electron chi connectivity index (χ4n) is 3.00. The Morgan fingerprint density at radius 2 is 2.08 bits per heavy atom. The molecule has 1 aromatic carbocycles. The number of nitrogens with one attached hydrogen (secondary N) is 1. The second-order valence-electron chi connectivity index (χ2n) is 5.66. The van der Waals surface area contributed by atoms with Gasteiger partial charge in [-0.05, 0) is 38.5 Å². The lowest BCUT2D eigenvalue weighted by molar-refractivity contribution is -0.139. The first-order chi connectivity index (χ1) is 12.6. The van der Waals surface area contributed by atoms with Crippen molar-refractivity contribution in [3.05, 3.63) is 41.4 Å². The molecule has 0 fully saturated rings. The van der Waals surface area contributed by atoms with Crippen LogP contribution in [0.25, 0.3) is 0 Å². The summed E-state index contributed by atoms with van der Waals surface area (Å²) in [5.41, 5.74) is 1.99. The molecule has 1 atom stereocenters. The minimum Gasteiger partial charge on any atom is -0.493 e. The van der Waals surface area contributed by atoms with E-state index in [2.05, 4.69) is 15.4 Å². The maximum absolute atomic E-state index is 12.6. The number of hydrogen-bond acceptors (Lipinski definition) is 7. The SMILES string of the molecule is CCOC(=O)C1=C(C)Nc2ncnn2[C@@H]1c1ccc(OC)c(OCC)c1. The van der Waals surface area contributed by atoms with Gasteiger partial charge in [-0.3, -0.25) is 0 Å². The maximum atomic E-state index is 12.6. The first-order valence-corrected chi connectivity index (χ1v) is 8.45. The number of esters is 1. The van der Waals surface area contributed by atoms with Crippen molar-refractivity contribution in [1.82, 2.24) is 14.8 Å². The molecule has 1 aliphatic heterocycles. The Balaban J connectivity index is 2.13. The van der Waals surface area contributed by atoms with Gasteiger partial charge in [-0.2, -0.15) is 10.1 Å². The van der Waals surface area contributed by atoms with Crippen molar-refractivity contribution in [2.45, 2.75) is 26.8 Å². The van der Waals surface area contributed by atoms with E-state index in [1.807, 2.05) is 32.0 Å². The summed E-state index contributed by atoms with van der Waals surface area (Å²) in [6, 6.07) is 5.08. The lowest BCUT2D eigenvalue weighted by Gasteiger charge is -2.28. The van der Waals surface area contributed by atoms with Gasteiger partial charge in [-0.1, -0.05) is 6.07 Å². The van der Waals surface area contributed by atoms with Crippen molar-refractivity contribution in [2.75, 3.05) is 25.6 Å². The fraction of sp³-hybridized carbons (Fsp3) is 0.389. The lowest BCUT2D eigenvalue weighted by Crippen LogP contribution is -2.29. The number of methoxy groups -OCH3 is 1. The zero-order valence-corrected chi connectivity index (χ0v) is 15.3. The highest BCUT2D eigenvalue weighted by Gasteiger charge is 2.34. The monoisotopic (exact) mass is 358 g/mol. The molecular weight excluding hydrogens is 336 g/mol. The van der Waals surface area contributed by atoms with Crippen LogP contribution in [-0.4, -0.2) is 41.1 Å². The van der Waals surface area contributed by atoms with Crippen LogP contribution in [0.15, 0.2) is 35.8 Å². The smallest absolute Gasteiger partial charge is 0.338 e. The molecule has 0 spiro atoms. The van der Waals surface area contributed by atoms with Gasteiger partial charge in [0.1, 0.15) is 12.4 Å². The molecule has 0 amide bonds. The number of rotatable bonds is 6. The minimum absolute atomic E-state index is 0.291. The van der Waals surface area contributed by atoms with Crippen molar-refractivity contribution >= 4 is 11.9 Å². The van der Waals surface area contributed by atoms with Gasteiger partial charge in [0.25, 0.3) is 0 Å². The molecule has 0 radical (unpaired) electrons. The lowest BCUT2D eigenvalue weighted by atomic mass is 9.95. The molecule has 0 unspecified atom stereocenters. The number of allylic oxidation sites excluding steroid dienone is 1. The molecule has 0 saturated heterocycles. The quantitative estimate of drug-likeness (QED) is 0.794. The highest BCUT2D eigenvalue weighted by atomic mass is 16.5. The highest BCUT2D eigenvalue weighted by molar-refractivity contribution is 5.92. The Hall–Kier alpha value is -3.03. The Bertz CT molecular complexity index is 843. The molecule has 1 N–H and O–H groups in total. The van der Waals surface area contributed by atoms with Gasteiger partial charge in [0.2, 0.25) is 5.95 Å². The Morgan fingerprint density at radius 3 is 2.77 bits per heavy atom. The summed E-state index contributed by atoms with van der Waals surface area (Å²) >= 11 is 0. The number of fused-ring (bicyclic) bond motifs is 1. The van der Waals surface area contributed by atoms with Crippen molar-refractivity contribution in [3.8, 4) is 11.5 Å². The molecule has 8 heteroatoms. The third kappa shape index (κ3) is 3.10. The molecule has 2 heterocycles. The second-order valence-corrected chi connectivity index (χ2v) is 5.66.